The van der Waals surface area contributed by atoms with Gasteiger partial charge in [-0.3, -0.25) is 4.79 Å². The number of fused-ring (bicyclic) bond motifs is 2. The van der Waals surface area contributed by atoms with E-state index in [1.165, 1.54) is 23.3 Å². The molecule has 3 aromatic rings. The molecule has 2 aliphatic rings. The summed E-state index contributed by atoms with van der Waals surface area (Å²) in [5.41, 5.74) is 3.29. The van der Waals surface area contributed by atoms with Gasteiger partial charge in [-0.05, 0) is 47.7 Å². The molecule has 6 heteroatoms. The highest BCUT2D eigenvalue weighted by Crippen LogP contribution is 2.31. The van der Waals surface area contributed by atoms with Crippen LogP contribution >= 0.6 is 0 Å². The van der Waals surface area contributed by atoms with Crippen LogP contribution in [-0.4, -0.2) is 26.9 Å². The fraction of sp³-hybridized carbons (Fsp3) is 0.304. The van der Waals surface area contributed by atoms with Gasteiger partial charge < -0.3 is 9.47 Å². The van der Waals surface area contributed by atoms with Gasteiger partial charge >= 0.3 is 0 Å². The number of carbonyl (C=O) groups is 1. The molecule has 148 valence electrons. The Morgan fingerprint density at radius 2 is 1.90 bits per heavy atom. The third kappa shape index (κ3) is 3.33. The van der Waals surface area contributed by atoms with E-state index in [0.29, 0.717) is 43.7 Å². The molecule has 0 fully saturated rings. The lowest BCUT2D eigenvalue weighted by atomic mass is 9.91. The van der Waals surface area contributed by atoms with E-state index in [1.54, 1.807) is 6.20 Å². The van der Waals surface area contributed by atoms with Crippen LogP contribution in [0.4, 0.5) is 8.78 Å². The number of aromatic nitrogens is 2. The summed E-state index contributed by atoms with van der Waals surface area (Å²) < 4.78 is 29.7. The second-order valence-corrected chi connectivity index (χ2v) is 7.84. The molecule has 0 aliphatic carbocycles. The molecule has 1 atom stereocenters. The highest BCUT2D eigenvalue weighted by Gasteiger charge is 2.28. The lowest BCUT2D eigenvalue weighted by molar-refractivity contribution is 0.0729. The van der Waals surface area contributed by atoms with Gasteiger partial charge in [0.1, 0.15) is 23.2 Å². The van der Waals surface area contributed by atoms with Crippen LogP contribution in [0, 0.1) is 11.6 Å². The van der Waals surface area contributed by atoms with Crippen molar-refractivity contribution in [2.45, 2.75) is 38.3 Å². The van der Waals surface area contributed by atoms with Gasteiger partial charge in [0.2, 0.25) is 0 Å². The largest absolute Gasteiger partial charge is 0.333 e. The maximum Gasteiger partial charge on any atom is 0.274 e. The zero-order valence-electron chi connectivity index (χ0n) is 15.9. The van der Waals surface area contributed by atoms with Crippen molar-refractivity contribution in [3.8, 4) is 0 Å². The van der Waals surface area contributed by atoms with E-state index in [9.17, 15) is 13.6 Å². The Morgan fingerprint density at radius 3 is 2.76 bits per heavy atom. The average Bonchev–Trinajstić information content (AvgIpc) is 3.18. The van der Waals surface area contributed by atoms with E-state index in [2.05, 4.69) is 17.1 Å². The number of amides is 1. The van der Waals surface area contributed by atoms with Gasteiger partial charge in [-0.2, -0.15) is 0 Å². The molecule has 2 aromatic carbocycles. The van der Waals surface area contributed by atoms with E-state index in [-0.39, 0.29) is 17.6 Å². The molecule has 1 aromatic heterocycles. The normalized spacial score (nSPS) is 18.3. The van der Waals surface area contributed by atoms with Gasteiger partial charge in [-0.15, -0.1) is 0 Å². The van der Waals surface area contributed by atoms with Crippen LogP contribution < -0.4 is 0 Å². The SMILES string of the molecule is O=C(c1cn2c(n1)CCC(c1cc(F)ccc1F)C2)N1CCc2ccccc2C1. The topological polar surface area (TPSA) is 38.1 Å². The number of hydrogen-bond donors (Lipinski definition) is 0. The quantitative estimate of drug-likeness (QED) is 0.658. The number of rotatable bonds is 2. The van der Waals surface area contributed by atoms with Crippen molar-refractivity contribution in [2.24, 2.45) is 0 Å². The van der Waals surface area contributed by atoms with E-state index in [0.717, 1.165) is 18.3 Å². The maximum atomic E-state index is 14.2. The van der Waals surface area contributed by atoms with E-state index in [4.69, 9.17) is 0 Å². The minimum Gasteiger partial charge on any atom is -0.333 e. The summed E-state index contributed by atoms with van der Waals surface area (Å²) in [5.74, 6) is -0.187. The van der Waals surface area contributed by atoms with Crippen molar-refractivity contribution in [3.63, 3.8) is 0 Å². The standard InChI is InChI=1S/C23H21F2N3O/c24-18-6-7-20(25)19(11-18)17-5-8-22-26-21(14-28(22)13-17)23(29)27-10-9-15-3-1-2-4-16(15)12-27/h1-4,6-7,11,14,17H,5,8-10,12-13H2. The van der Waals surface area contributed by atoms with Crippen molar-refractivity contribution in [2.75, 3.05) is 6.54 Å². The van der Waals surface area contributed by atoms with Crippen LogP contribution in [0.3, 0.4) is 0 Å². The van der Waals surface area contributed by atoms with Crippen molar-refractivity contribution < 1.29 is 13.6 Å². The van der Waals surface area contributed by atoms with E-state index < -0.39 is 5.82 Å². The molecule has 1 unspecified atom stereocenters. The minimum atomic E-state index is -0.431. The monoisotopic (exact) mass is 393 g/mol. The highest BCUT2D eigenvalue weighted by molar-refractivity contribution is 5.92. The van der Waals surface area contributed by atoms with Gasteiger partial charge in [-0.1, -0.05) is 24.3 Å². The van der Waals surface area contributed by atoms with E-state index >= 15 is 0 Å². The first-order chi connectivity index (χ1) is 14.1. The number of carbonyl (C=O) groups excluding carboxylic acids is 1. The van der Waals surface area contributed by atoms with Gasteiger partial charge in [-0.25, -0.2) is 13.8 Å². The second-order valence-electron chi connectivity index (χ2n) is 7.84. The van der Waals surface area contributed by atoms with Crippen molar-refractivity contribution >= 4 is 5.91 Å². The predicted octanol–water partition coefficient (Wildman–Crippen LogP) is 4.09. The lowest BCUT2D eigenvalue weighted by Crippen LogP contribution is -2.36. The van der Waals surface area contributed by atoms with Crippen LogP contribution in [0.1, 0.15) is 45.3 Å². The van der Waals surface area contributed by atoms with Crippen LogP contribution in [0.2, 0.25) is 0 Å². The zero-order valence-corrected chi connectivity index (χ0v) is 15.9. The number of nitrogens with zero attached hydrogens (tertiary/aromatic N) is 3. The molecule has 1 amide bonds. The minimum absolute atomic E-state index is 0.0742. The molecule has 2 aliphatic heterocycles. The predicted molar refractivity (Wildman–Crippen MR) is 105 cm³/mol. The molecule has 3 heterocycles. The summed E-state index contributed by atoms with van der Waals surface area (Å²) in [6.07, 6.45) is 3.93. The molecule has 0 saturated carbocycles. The Balaban J connectivity index is 1.35. The smallest absolute Gasteiger partial charge is 0.274 e. The number of halogens is 2. The highest BCUT2D eigenvalue weighted by atomic mass is 19.1. The van der Waals surface area contributed by atoms with Crippen molar-refractivity contribution in [1.82, 2.24) is 14.5 Å². The first kappa shape index (κ1) is 18.0. The fourth-order valence-electron chi connectivity index (χ4n) is 4.46. The summed E-state index contributed by atoms with van der Waals surface area (Å²) in [4.78, 5) is 19.4. The Bertz CT molecular complexity index is 1090. The maximum absolute atomic E-state index is 14.2. The Kier molecular flexibility index (Phi) is 4.42. The first-order valence-corrected chi connectivity index (χ1v) is 9.95. The molecule has 0 bridgehead atoms. The molecule has 4 nitrogen and oxygen atoms in total. The summed E-state index contributed by atoms with van der Waals surface area (Å²) in [6.45, 7) is 1.77. The average molecular weight is 393 g/mol. The Hall–Kier alpha value is -3.02. The van der Waals surface area contributed by atoms with Crippen LogP contribution in [-0.2, 0) is 25.9 Å². The molecule has 0 radical (unpaired) electrons. The third-order valence-electron chi connectivity index (χ3n) is 6.03. The van der Waals surface area contributed by atoms with Crippen molar-refractivity contribution in [1.29, 1.82) is 0 Å². The summed E-state index contributed by atoms with van der Waals surface area (Å²) >= 11 is 0. The number of imidazole rings is 1. The lowest BCUT2D eigenvalue weighted by Gasteiger charge is -2.28. The van der Waals surface area contributed by atoms with Gasteiger partial charge in [0.25, 0.3) is 5.91 Å². The number of aryl methyl sites for hydroxylation is 1. The second kappa shape index (κ2) is 7.10. The van der Waals surface area contributed by atoms with E-state index in [1.807, 2.05) is 21.6 Å². The summed E-state index contributed by atoms with van der Waals surface area (Å²) in [5, 5.41) is 0. The van der Waals surface area contributed by atoms with Crippen LogP contribution in [0.5, 0.6) is 0 Å². The van der Waals surface area contributed by atoms with Gasteiger partial charge in [0, 0.05) is 38.2 Å². The third-order valence-corrected chi connectivity index (χ3v) is 6.03. The van der Waals surface area contributed by atoms with Gasteiger partial charge in [0.05, 0.1) is 0 Å². The molecule has 0 spiro atoms. The number of hydrogen-bond acceptors (Lipinski definition) is 2. The molecule has 5 rings (SSSR count). The first-order valence-electron chi connectivity index (χ1n) is 9.95. The van der Waals surface area contributed by atoms with Crippen LogP contribution in [0.15, 0.2) is 48.7 Å². The molecular weight excluding hydrogens is 372 g/mol. The van der Waals surface area contributed by atoms with Crippen LogP contribution in [0.25, 0.3) is 0 Å². The van der Waals surface area contributed by atoms with Gasteiger partial charge in [0.15, 0.2) is 0 Å². The molecule has 0 N–H and O–H groups in total. The van der Waals surface area contributed by atoms with Crippen molar-refractivity contribution in [3.05, 3.63) is 88.5 Å². The Labute approximate surface area is 167 Å². The molecule has 0 saturated heterocycles. The summed E-state index contributed by atoms with van der Waals surface area (Å²) in [7, 11) is 0. The Morgan fingerprint density at radius 1 is 1.07 bits per heavy atom. The fourth-order valence-corrected chi connectivity index (χ4v) is 4.46. The molecule has 29 heavy (non-hydrogen) atoms. The molecular formula is C23H21F2N3O. The summed E-state index contributed by atoms with van der Waals surface area (Å²) in [6, 6.07) is 11.8. The zero-order chi connectivity index (χ0) is 20.0. The number of benzene rings is 2.